The van der Waals surface area contributed by atoms with E-state index in [4.69, 9.17) is 4.74 Å². The molecule has 1 aromatic heterocycles. The third-order valence-electron chi connectivity index (χ3n) is 4.26. The van der Waals surface area contributed by atoms with E-state index >= 15 is 0 Å². The number of esters is 1. The number of benzene rings is 2. The van der Waals surface area contributed by atoms with Crippen molar-refractivity contribution in [2.45, 2.75) is 25.8 Å². The van der Waals surface area contributed by atoms with Gasteiger partial charge in [-0.2, -0.15) is 0 Å². The van der Waals surface area contributed by atoms with Crippen LogP contribution in [0, 0.1) is 0 Å². The summed E-state index contributed by atoms with van der Waals surface area (Å²) in [6, 6.07) is 20.6. The normalized spacial score (nSPS) is 11.7. The lowest BCUT2D eigenvalue weighted by atomic mass is 10.0. The Labute approximate surface area is 158 Å². The molecule has 27 heavy (non-hydrogen) atoms. The monoisotopic (exact) mass is 362 g/mol. The predicted octanol–water partition coefficient (Wildman–Crippen LogP) is 4.05. The molecule has 0 aliphatic carbocycles. The van der Waals surface area contributed by atoms with Crippen LogP contribution in [0.1, 0.15) is 41.9 Å². The van der Waals surface area contributed by atoms with Gasteiger partial charge in [-0.3, -0.25) is 4.79 Å². The Morgan fingerprint density at radius 3 is 2.52 bits per heavy atom. The number of fused-ring (bicyclic) bond motifs is 1. The quantitative estimate of drug-likeness (QED) is 0.644. The average Bonchev–Trinajstić information content (AvgIpc) is 2.72. The molecule has 5 heteroatoms. The zero-order valence-corrected chi connectivity index (χ0v) is 15.2. The van der Waals surface area contributed by atoms with E-state index in [9.17, 15) is 9.59 Å². The van der Waals surface area contributed by atoms with Crippen LogP contribution in [0.15, 0.2) is 66.7 Å². The summed E-state index contributed by atoms with van der Waals surface area (Å²) < 4.78 is 5.14. The van der Waals surface area contributed by atoms with Gasteiger partial charge in [-0.1, -0.05) is 67.9 Å². The van der Waals surface area contributed by atoms with Crippen LogP contribution in [-0.4, -0.2) is 23.5 Å². The van der Waals surface area contributed by atoms with Gasteiger partial charge >= 0.3 is 5.97 Å². The molecule has 2 aromatic carbocycles. The van der Waals surface area contributed by atoms with Crippen LogP contribution in [0.4, 0.5) is 0 Å². The smallest absolute Gasteiger partial charge is 0.357 e. The van der Waals surface area contributed by atoms with Gasteiger partial charge in [-0.05, 0) is 24.1 Å². The third-order valence-corrected chi connectivity index (χ3v) is 4.26. The lowest BCUT2D eigenvalue weighted by molar-refractivity contribution is -0.125. The lowest BCUT2D eigenvalue weighted by Gasteiger charge is -2.18. The van der Waals surface area contributed by atoms with Crippen LogP contribution in [0.5, 0.6) is 0 Å². The second kappa shape index (κ2) is 8.94. The SMILES string of the molecule is CCC[C@@H](NC(=O)COC(=O)c1ccc2ccccc2n1)c1ccccc1. The Balaban J connectivity index is 1.59. The summed E-state index contributed by atoms with van der Waals surface area (Å²) in [7, 11) is 0. The van der Waals surface area contributed by atoms with E-state index in [-0.39, 0.29) is 24.2 Å². The van der Waals surface area contributed by atoms with Crippen molar-refractivity contribution in [2.75, 3.05) is 6.61 Å². The van der Waals surface area contributed by atoms with E-state index in [1.54, 1.807) is 6.07 Å². The van der Waals surface area contributed by atoms with E-state index in [1.807, 2.05) is 60.7 Å². The Morgan fingerprint density at radius 2 is 1.74 bits per heavy atom. The van der Waals surface area contributed by atoms with Crippen molar-refractivity contribution in [1.82, 2.24) is 10.3 Å². The largest absolute Gasteiger partial charge is 0.451 e. The zero-order valence-electron chi connectivity index (χ0n) is 15.2. The molecule has 0 saturated heterocycles. The van der Waals surface area contributed by atoms with Crippen molar-refractivity contribution in [3.63, 3.8) is 0 Å². The number of aromatic nitrogens is 1. The van der Waals surface area contributed by atoms with Gasteiger partial charge in [0.05, 0.1) is 11.6 Å². The van der Waals surface area contributed by atoms with Gasteiger partial charge in [0.25, 0.3) is 5.91 Å². The minimum Gasteiger partial charge on any atom is -0.451 e. The van der Waals surface area contributed by atoms with Crippen LogP contribution in [-0.2, 0) is 9.53 Å². The van der Waals surface area contributed by atoms with Crippen molar-refractivity contribution < 1.29 is 14.3 Å². The van der Waals surface area contributed by atoms with Gasteiger partial charge in [0.2, 0.25) is 0 Å². The molecule has 138 valence electrons. The molecule has 3 rings (SSSR count). The first-order valence-electron chi connectivity index (χ1n) is 9.04. The van der Waals surface area contributed by atoms with Crippen LogP contribution in [0.3, 0.4) is 0 Å². The number of ether oxygens (including phenoxy) is 1. The van der Waals surface area contributed by atoms with E-state index in [0.717, 1.165) is 23.8 Å². The molecule has 1 N–H and O–H groups in total. The highest BCUT2D eigenvalue weighted by atomic mass is 16.5. The Hall–Kier alpha value is -3.21. The number of hydrogen-bond acceptors (Lipinski definition) is 4. The van der Waals surface area contributed by atoms with Crippen molar-refractivity contribution in [1.29, 1.82) is 0 Å². The lowest BCUT2D eigenvalue weighted by Crippen LogP contribution is -2.32. The fourth-order valence-electron chi connectivity index (χ4n) is 2.92. The number of hydrogen-bond donors (Lipinski definition) is 1. The molecular weight excluding hydrogens is 340 g/mol. The predicted molar refractivity (Wildman–Crippen MR) is 104 cm³/mol. The fraction of sp³-hybridized carbons (Fsp3) is 0.227. The van der Waals surface area contributed by atoms with Crippen LogP contribution in [0.25, 0.3) is 10.9 Å². The number of pyridine rings is 1. The van der Waals surface area contributed by atoms with Crippen molar-refractivity contribution in [3.8, 4) is 0 Å². The summed E-state index contributed by atoms with van der Waals surface area (Å²) in [5, 5.41) is 3.88. The number of carbonyl (C=O) groups is 2. The van der Waals surface area contributed by atoms with E-state index in [0.29, 0.717) is 5.52 Å². The highest BCUT2D eigenvalue weighted by molar-refractivity contribution is 5.92. The topological polar surface area (TPSA) is 68.3 Å². The Morgan fingerprint density at radius 1 is 1.00 bits per heavy atom. The van der Waals surface area contributed by atoms with Gasteiger partial charge in [0, 0.05) is 5.39 Å². The molecule has 0 bridgehead atoms. The van der Waals surface area contributed by atoms with Gasteiger partial charge in [-0.15, -0.1) is 0 Å². The van der Waals surface area contributed by atoms with Crippen LogP contribution >= 0.6 is 0 Å². The number of carbonyl (C=O) groups excluding carboxylic acids is 2. The second-order valence-corrected chi connectivity index (χ2v) is 6.28. The number of rotatable bonds is 7. The second-order valence-electron chi connectivity index (χ2n) is 6.28. The number of nitrogens with zero attached hydrogens (tertiary/aromatic N) is 1. The molecule has 1 atom stereocenters. The van der Waals surface area contributed by atoms with Gasteiger partial charge in [0.1, 0.15) is 5.69 Å². The van der Waals surface area contributed by atoms with Gasteiger partial charge in [0.15, 0.2) is 6.61 Å². The van der Waals surface area contributed by atoms with Crippen molar-refractivity contribution in [3.05, 3.63) is 78.0 Å². The minimum absolute atomic E-state index is 0.0961. The maximum absolute atomic E-state index is 12.2. The molecule has 0 spiro atoms. The fourth-order valence-corrected chi connectivity index (χ4v) is 2.92. The van der Waals surface area contributed by atoms with Gasteiger partial charge in [-0.25, -0.2) is 9.78 Å². The summed E-state index contributed by atoms with van der Waals surface area (Å²) in [6.07, 6.45) is 1.75. The maximum Gasteiger partial charge on any atom is 0.357 e. The molecule has 5 nitrogen and oxygen atoms in total. The Kier molecular flexibility index (Phi) is 6.15. The van der Waals surface area contributed by atoms with Gasteiger partial charge < -0.3 is 10.1 Å². The molecule has 1 heterocycles. The summed E-state index contributed by atoms with van der Waals surface area (Å²) in [5.74, 6) is -0.936. The maximum atomic E-state index is 12.2. The number of amides is 1. The standard InChI is InChI=1S/C22H22N2O3/c1-2-8-18(16-9-4-3-5-10-16)24-21(25)15-27-22(26)20-14-13-17-11-6-7-12-19(17)23-20/h3-7,9-14,18H,2,8,15H2,1H3,(H,24,25)/t18-/m1/s1. The van der Waals surface area contributed by atoms with E-state index < -0.39 is 5.97 Å². The molecule has 0 radical (unpaired) electrons. The number of nitrogens with one attached hydrogen (secondary N) is 1. The van der Waals surface area contributed by atoms with Crippen LogP contribution in [0.2, 0.25) is 0 Å². The third kappa shape index (κ3) is 4.91. The highest BCUT2D eigenvalue weighted by Gasteiger charge is 2.16. The summed E-state index contributed by atoms with van der Waals surface area (Å²) in [5.41, 5.74) is 1.94. The van der Waals surface area contributed by atoms with E-state index in [1.165, 1.54) is 0 Å². The zero-order chi connectivity index (χ0) is 19.1. The molecule has 0 aliphatic rings. The average molecular weight is 362 g/mol. The summed E-state index contributed by atoms with van der Waals surface area (Å²) in [4.78, 5) is 28.7. The molecule has 1 amide bonds. The molecule has 0 unspecified atom stereocenters. The number of para-hydroxylation sites is 1. The molecule has 0 fully saturated rings. The Bertz CT molecular complexity index is 925. The first kappa shape index (κ1) is 18.6. The van der Waals surface area contributed by atoms with Crippen molar-refractivity contribution >= 4 is 22.8 Å². The molecule has 0 saturated carbocycles. The molecular formula is C22H22N2O3. The van der Waals surface area contributed by atoms with E-state index in [2.05, 4.69) is 17.2 Å². The van der Waals surface area contributed by atoms with Crippen molar-refractivity contribution in [2.24, 2.45) is 0 Å². The molecule has 0 aliphatic heterocycles. The van der Waals surface area contributed by atoms with Crippen LogP contribution < -0.4 is 5.32 Å². The summed E-state index contributed by atoms with van der Waals surface area (Å²) >= 11 is 0. The first-order chi connectivity index (χ1) is 13.2. The minimum atomic E-state index is -0.609. The summed E-state index contributed by atoms with van der Waals surface area (Å²) in [6.45, 7) is 1.73. The first-order valence-corrected chi connectivity index (χ1v) is 9.04. The molecule has 3 aromatic rings. The highest BCUT2D eigenvalue weighted by Crippen LogP contribution is 2.18.